The monoisotopic (exact) mass is 335 g/mol. The Morgan fingerprint density at radius 1 is 1.12 bits per heavy atom. The van der Waals surface area contributed by atoms with Crippen LogP contribution in [0, 0.1) is 5.92 Å². The molecule has 2 unspecified atom stereocenters. The lowest BCUT2D eigenvalue weighted by atomic mass is 9.81. The fourth-order valence-electron chi connectivity index (χ4n) is 5.31. The zero-order valence-electron chi connectivity index (χ0n) is 14.8. The highest BCUT2D eigenvalue weighted by Gasteiger charge is 2.61. The van der Waals surface area contributed by atoms with Gasteiger partial charge < -0.3 is 15.0 Å². The first-order chi connectivity index (χ1) is 11.5. The Labute approximate surface area is 143 Å². The van der Waals surface area contributed by atoms with Crippen molar-refractivity contribution in [2.24, 2.45) is 5.92 Å². The van der Waals surface area contributed by atoms with Crippen molar-refractivity contribution in [1.29, 1.82) is 0 Å². The third-order valence-electron chi connectivity index (χ3n) is 6.34. The Bertz CT molecular complexity index is 518. The lowest BCUT2D eigenvalue weighted by Gasteiger charge is -2.43. The van der Waals surface area contributed by atoms with E-state index in [1.807, 2.05) is 18.7 Å². The van der Waals surface area contributed by atoms with E-state index < -0.39 is 5.54 Å². The molecule has 2 bridgehead atoms. The number of carbonyl (C=O) groups is 2. The third kappa shape index (κ3) is 2.46. The molecule has 4 fully saturated rings. The van der Waals surface area contributed by atoms with Gasteiger partial charge in [-0.25, -0.2) is 4.79 Å². The van der Waals surface area contributed by atoms with Gasteiger partial charge in [0.1, 0.15) is 5.54 Å². The van der Waals surface area contributed by atoms with E-state index in [0.29, 0.717) is 24.5 Å². The summed E-state index contributed by atoms with van der Waals surface area (Å²) in [7, 11) is 0. The first-order valence-electron chi connectivity index (χ1n) is 9.50. The van der Waals surface area contributed by atoms with Crippen molar-refractivity contribution in [2.75, 3.05) is 19.8 Å². The van der Waals surface area contributed by atoms with Crippen molar-refractivity contribution in [3.8, 4) is 0 Å². The molecule has 0 aliphatic carbocycles. The van der Waals surface area contributed by atoms with Crippen LogP contribution in [0.5, 0.6) is 0 Å². The van der Waals surface area contributed by atoms with Crippen LogP contribution in [0.2, 0.25) is 0 Å². The number of carbonyl (C=O) groups excluding carboxylic acids is 2. The van der Waals surface area contributed by atoms with Crippen LogP contribution >= 0.6 is 0 Å². The fraction of sp³-hybridized carbons (Fsp3) is 0.889. The van der Waals surface area contributed by atoms with Crippen LogP contribution < -0.4 is 5.32 Å². The number of hydrogen-bond acceptors (Lipinski definition) is 4. The minimum absolute atomic E-state index is 0.0543. The molecule has 2 atom stereocenters. The quantitative estimate of drug-likeness (QED) is 0.798. The average molecular weight is 335 g/mol. The topological polar surface area (TPSA) is 61.9 Å². The molecule has 0 aromatic heterocycles. The standard InChI is InChI=1S/C18H29N3O3/c1-12(2)21-17(23)20(11-13-5-7-24-8-6-13)16(22)18(21)9-14-3-4-15(10-18)19-14/h12-15,19H,3-11H2,1-2H3. The lowest BCUT2D eigenvalue weighted by Crippen LogP contribution is -2.60. The third-order valence-corrected chi connectivity index (χ3v) is 6.34. The molecule has 0 saturated carbocycles. The number of fused-ring (bicyclic) bond motifs is 2. The number of rotatable bonds is 3. The Kier molecular flexibility index (Phi) is 4.07. The molecular weight excluding hydrogens is 306 g/mol. The zero-order chi connectivity index (χ0) is 16.9. The summed E-state index contributed by atoms with van der Waals surface area (Å²) < 4.78 is 5.42. The van der Waals surface area contributed by atoms with E-state index in [1.54, 1.807) is 4.90 Å². The van der Waals surface area contributed by atoms with Crippen LogP contribution in [0.3, 0.4) is 0 Å². The van der Waals surface area contributed by atoms with Gasteiger partial charge in [-0.2, -0.15) is 0 Å². The lowest BCUT2D eigenvalue weighted by molar-refractivity contribution is -0.136. The molecule has 4 heterocycles. The average Bonchev–Trinajstić information content (AvgIpc) is 2.99. The molecule has 134 valence electrons. The van der Waals surface area contributed by atoms with Crippen molar-refractivity contribution in [1.82, 2.24) is 15.1 Å². The predicted octanol–water partition coefficient (Wildman–Crippen LogP) is 1.74. The Balaban J connectivity index is 1.61. The molecule has 0 aromatic rings. The zero-order valence-corrected chi connectivity index (χ0v) is 14.8. The van der Waals surface area contributed by atoms with Gasteiger partial charge in [-0.15, -0.1) is 0 Å². The Hall–Kier alpha value is -1.14. The van der Waals surface area contributed by atoms with Gasteiger partial charge in [-0.1, -0.05) is 0 Å². The van der Waals surface area contributed by atoms with Crippen molar-refractivity contribution in [2.45, 2.75) is 76.0 Å². The van der Waals surface area contributed by atoms with Gasteiger partial charge in [0.05, 0.1) is 0 Å². The smallest absolute Gasteiger partial charge is 0.327 e. The highest BCUT2D eigenvalue weighted by atomic mass is 16.5. The summed E-state index contributed by atoms with van der Waals surface area (Å²) in [6.07, 6.45) is 5.68. The van der Waals surface area contributed by atoms with Gasteiger partial charge in [0.2, 0.25) is 0 Å². The number of piperidine rings is 1. The van der Waals surface area contributed by atoms with E-state index in [0.717, 1.165) is 51.7 Å². The largest absolute Gasteiger partial charge is 0.381 e. The van der Waals surface area contributed by atoms with E-state index in [2.05, 4.69) is 5.32 Å². The molecule has 1 N–H and O–H groups in total. The Morgan fingerprint density at radius 2 is 1.75 bits per heavy atom. The molecule has 6 heteroatoms. The molecular formula is C18H29N3O3. The maximum atomic E-state index is 13.4. The number of imide groups is 1. The van der Waals surface area contributed by atoms with Gasteiger partial charge in [-0.05, 0) is 58.3 Å². The summed E-state index contributed by atoms with van der Waals surface area (Å²) in [6, 6.07) is 0.746. The van der Waals surface area contributed by atoms with Crippen molar-refractivity contribution < 1.29 is 14.3 Å². The summed E-state index contributed by atoms with van der Waals surface area (Å²) in [4.78, 5) is 30.0. The van der Waals surface area contributed by atoms with Crippen molar-refractivity contribution >= 4 is 11.9 Å². The summed E-state index contributed by atoms with van der Waals surface area (Å²) in [5.41, 5.74) is -0.604. The SMILES string of the molecule is CC(C)N1C(=O)N(CC2CCOCC2)C(=O)C12CC1CCC(C2)N1. The minimum atomic E-state index is -0.604. The highest BCUT2D eigenvalue weighted by Crippen LogP contribution is 2.44. The van der Waals surface area contributed by atoms with Crippen molar-refractivity contribution in [3.05, 3.63) is 0 Å². The fourth-order valence-corrected chi connectivity index (χ4v) is 5.31. The highest BCUT2D eigenvalue weighted by molar-refractivity contribution is 6.07. The minimum Gasteiger partial charge on any atom is -0.381 e. The molecule has 4 rings (SSSR count). The summed E-state index contributed by atoms with van der Waals surface area (Å²) >= 11 is 0. The second-order valence-electron chi connectivity index (χ2n) is 8.30. The molecule has 4 saturated heterocycles. The van der Waals surface area contributed by atoms with E-state index in [9.17, 15) is 9.59 Å². The number of amides is 3. The first-order valence-corrected chi connectivity index (χ1v) is 9.50. The van der Waals surface area contributed by atoms with Crippen LogP contribution in [-0.2, 0) is 9.53 Å². The van der Waals surface area contributed by atoms with E-state index in [1.165, 1.54) is 0 Å². The predicted molar refractivity (Wildman–Crippen MR) is 89.5 cm³/mol. The van der Waals surface area contributed by atoms with E-state index in [-0.39, 0.29) is 18.0 Å². The summed E-state index contributed by atoms with van der Waals surface area (Å²) in [5.74, 6) is 0.445. The van der Waals surface area contributed by atoms with Gasteiger partial charge >= 0.3 is 6.03 Å². The number of hydrogen-bond donors (Lipinski definition) is 1. The Morgan fingerprint density at radius 3 is 2.33 bits per heavy atom. The summed E-state index contributed by atoms with van der Waals surface area (Å²) in [6.45, 7) is 6.13. The van der Waals surface area contributed by atoms with Crippen LogP contribution in [-0.4, -0.2) is 65.2 Å². The van der Waals surface area contributed by atoms with E-state index in [4.69, 9.17) is 4.74 Å². The van der Waals surface area contributed by atoms with Crippen LogP contribution in [0.1, 0.15) is 52.4 Å². The molecule has 1 spiro atoms. The van der Waals surface area contributed by atoms with Gasteiger partial charge in [-0.3, -0.25) is 9.69 Å². The van der Waals surface area contributed by atoms with Crippen LogP contribution in [0.4, 0.5) is 4.79 Å². The number of nitrogens with one attached hydrogen (secondary N) is 1. The number of ether oxygens (including phenoxy) is 1. The molecule has 6 nitrogen and oxygen atoms in total. The van der Waals surface area contributed by atoms with Gasteiger partial charge in [0.15, 0.2) is 0 Å². The molecule has 24 heavy (non-hydrogen) atoms. The summed E-state index contributed by atoms with van der Waals surface area (Å²) in [5, 5.41) is 3.61. The first kappa shape index (κ1) is 16.3. The normalized spacial score (nSPS) is 37.3. The maximum absolute atomic E-state index is 13.4. The second-order valence-corrected chi connectivity index (χ2v) is 8.30. The maximum Gasteiger partial charge on any atom is 0.327 e. The van der Waals surface area contributed by atoms with Gasteiger partial charge in [0.25, 0.3) is 5.91 Å². The molecule has 0 aromatic carbocycles. The second kappa shape index (κ2) is 5.99. The number of urea groups is 1. The molecule has 0 radical (unpaired) electrons. The molecule has 3 amide bonds. The van der Waals surface area contributed by atoms with E-state index >= 15 is 0 Å². The van der Waals surface area contributed by atoms with Crippen LogP contribution in [0.15, 0.2) is 0 Å². The molecule has 4 aliphatic rings. The van der Waals surface area contributed by atoms with Gasteiger partial charge in [0, 0.05) is 37.9 Å². The molecule has 4 aliphatic heterocycles. The van der Waals surface area contributed by atoms with Crippen molar-refractivity contribution in [3.63, 3.8) is 0 Å². The van der Waals surface area contributed by atoms with Crippen LogP contribution in [0.25, 0.3) is 0 Å². The number of nitrogens with zero attached hydrogens (tertiary/aromatic N) is 2.